The van der Waals surface area contributed by atoms with Crippen molar-refractivity contribution in [3.05, 3.63) is 28.3 Å². The summed E-state index contributed by atoms with van der Waals surface area (Å²) in [6, 6.07) is 4.29. The first-order chi connectivity index (χ1) is 8.78. The minimum atomic E-state index is 0.240. The summed E-state index contributed by atoms with van der Waals surface area (Å²) < 4.78 is 5.72. The van der Waals surface area contributed by atoms with Crippen LogP contribution in [0.25, 0.3) is 0 Å². The van der Waals surface area contributed by atoms with Crippen molar-refractivity contribution in [1.29, 1.82) is 0 Å². The van der Waals surface area contributed by atoms with Gasteiger partial charge in [-0.3, -0.25) is 4.90 Å². The minimum absolute atomic E-state index is 0.240. The van der Waals surface area contributed by atoms with Crippen molar-refractivity contribution in [1.82, 2.24) is 4.90 Å². The van der Waals surface area contributed by atoms with Crippen LogP contribution in [0.3, 0.4) is 0 Å². The van der Waals surface area contributed by atoms with Gasteiger partial charge in [0.05, 0.1) is 13.2 Å². The third kappa shape index (κ3) is 2.22. The lowest BCUT2D eigenvalue weighted by Gasteiger charge is -2.23. The summed E-state index contributed by atoms with van der Waals surface area (Å²) in [4.78, 5) is 2.33. The van der Waals surface area contributed by atoms with Crippen molar-refractivity contribution in [2.75, 3.05) is 19.8 Å². The minimum Gasteiger partial charge on any atom is -0.493 e. The Hall–Kier alpha value is -0.770. The third-order valence-corrected chi connectivity index (χ3v) is 4.13. The summed E-state index contributed by atoms with van der Waals surface area (Å²) in [5.74, 6) is 1.02. The number of nitrogens with zero attached hydrogens (tertiary/aromatic N) is 1. The molecule has 0 spiro atoms. The summed E-state index contributed by atoms with van der Waals surface area (Å²) >= 11 is 6.16. The Balaban J connectivity index is 1.84. The average Bonchev–Trinajstić information content (AvgIpc) is 2.96. The number of benzene rings is 1. The van der Waals surface area contributed by atoms with Gasteiger partial charge in [0, 0.05) is 29.6 Å². The molecule has 1 fully saturated rings. The molecular weight excluding hydrogens is 250 g/mol. The lowest BCUT2D eigenvalue weighted by atomic mass is 10.1. The van der Waals surface area contributed by atoms with Gasteiger partial charge in [-0.05, 0) is 37.1 Å². The van der Waals surface area contributed by atoms with E-state index in [4.69, 9.17) is 16.3 Å². The monoisotopic (exact) mass is 267 g/mol. The molecule has 3 nitrogen and oxygen atoms in total. The summed E-state index contributed by atoms with van der Waals surface area (Å²) in [7, 11) is 0. The van der Waals surface area contributed by atoms with Crippen LogP contribution in [0, 0.1) is 0 Å². The highest BCUT2D eigenvalue weighted by atomic mass is 35.5. The zero-order valence-corrected chi connectivity index (χ0v) is 11.1. The average molecular weight is 268 g/mol. The van der Waals surface area contributed by atoms with E-state index in [-0.39, 0.29) is 6.61 Å². The SMILES string of the molecule is OCC1CCCN1Cc1cc(Cl)cc2c1OCC2. The van der Waals surface area contributed by atoms with Gasteiger partial charge in [0.25, 0.3) is 0 Å². The number of hydrogen-bond donors (Lipinski definition) is 1. The van der Waals surface area contributed by atoms with Crippen molar-refractivity contribution in [2.45, 2.75) is 31.8 Å². The number of halogens is 1. The number of ether oxygens (including phenoxy) is 1. The number of fused-ring (bicyclic) bond motifs is 1. The Morgan fingerprint density at radius 2 is 2.33 bits per heavy atom. The van der Waals surface area contributed by atoms with E-state index in [0.29, 0.717) is 6.04 Å². The topological polar surface area (TPSA) is 32.7 Å². The van der Waals surface area contributed by atoms with E-state index in [2.05, 4.69) is 4.90 Å². The molecule has 18 heavy (non-hydrogen) atoms. The Bertz CT molecular complexity index is 450. The molecule has 2 aliphatic rings. The van der Waals surface area contributed by atoms with Gasteiger partial charge in [-0.1, -0.05) is 11.6 Å². The molecule has 2 heterocycles. The second-order valence-electron chi connectivity index (χ2n) is 5.10. The second kappa shape index (κ2) is 5.08. The van der Waals surface area contributed by atoms with Crippen LogP contribution in [0.1, 0.15) is 24.0 Å². The summed E-state index contributed by atoms with van der Waals surface area (Å²) in [5, 5.41) is 10.1. The molecule has 1 atom stereocenters. The molecule has 0 aromatic heterocycles. The fourth-order valence-electron chi connectivity index (χ4n) is 2.99. The first-order valence-electron chi connectivity index (χ1n) is 6.57. The molecule has 1 N–H and O–H groups in total. The number of likely N-dealkylation sites (tertiary alicyclic amines) is 1. The third-order valence-electron chi connectivity index (χ3n) is 3.91. The van der Waals surface area contributed by atoms with Crippen LogP contribution < -0.4 is 4.74 Å². The Morgan fingerprint density at radius 3 is 3.17 bits per heavy atom. The van der Waals surface area contributed by atoms with E-state index in [0.717, 1.165) is 55.3 Å². The van der Waals surface area contributed by atoms with Crippen molar-refractivity contribution in [3.63, 3.8) is 0 Å². The molecular formula is C14H18ClNO2. The maximum absolute atomic E-state index is 9.36. The van der Waals surface area contributed by atoms with Gasteiger partial charge in [0.1, 0.15) is 5.75 Å². The molecule has 0 aliphatic carbocycles. The Morgan fingerprint density at radius 1 is 1.44 bits per heavy atom. The van der Waals surface area contributed by atoms with Crippen LogP contribution in [0.15, 0.2) is 12.1 Å². The number of aliphatic hydroxyl groups excluding tert-OH is 1. The molecule has 1 saturated heterocycles. The number of rotatable bonds is 3. The first-order valence-corrected chi connectivity index (χ1v) is 6.94. The molecule has 1 unspecified atom stereocenters. The highest BCUT2D eigenvalue weighted by Gasteiger charge is 2.26. The van der Waals surface area contributed by atoms with E-state index >= 15 is 0 Å². The maximum Gasteiger partial charge on any atom is 0.127 e. The van der Waals surface area contributed by atoms with Gasteiger partial charge < -0.3 is 9.84 Å². The normalized spacial score (nSPS) is 23.1. The van der Waals surface area contributed by atoms with Gasteiger partial charge in [0.15, 0.2) is 0 Å². The zero-order chi connectivity index (χ0) is 12.5. The van der Waals surface area contributed by atoms with Gasteiger partial charge >= 0.3 is 0 Å². The summed E-state index contributed by atoms with van der Waals surface area (Å²) in [6.07, 6.45) is 3.20. The van der Waals surface area contributed by atoms with Crippen molar-refractivity contribution in [2.24, 2.45) is 0 Å². The fraction of sp³-hybridized carbons (Fsp3) is 0.571. The predicted octanol–water partition coefficient (Wildman–Crippen LogP) is 2.23. The molecule has 1 aromatic rings. The van der Waals surface area contributed by atoms with Crippen LogP contribution in [0.2, 0.25) is 5.02 Å². The summed E-state index contributed by atoms with van der Waals surface area (Å²) in [5.41, 5.74) is 2.38. The molecule has 3 rings (SSSR count). The van der Waals surface area contributed by atoms with Gasteiger partial charge in [-0.15, -0.1) is 0 Å². The lowest BCUT2D eigenvalue weighted by Crippen LogP contribution is -2.31. The number of aliphatic hydroxyl groups is 1. The van der Waals surface area contributed by atoms with Gasteiger partial charge in [-0.2, -0.15) is 0 Å². The molecule has 0 amide bonds. The molecule has 4 heteroatoms. The molecule has 0 bridgehead atoms. The van der Waals surface area contributed by atoms with E-state index in [1.807, 2.05) is 12.1 Å². The van der Waals surface area contributed by atoms with Crippen molar-refractivity contribution in [3.8, 4) is 5.75 Å². The quantitative estimate of drug-likeness (QED) is 0.912. The van der Waals surface area contributed by atoms with Crippen LogP contribution >= 0.6 is 11.6 Å². The van der Waals surface area contributed by atoms with Crippen LogP contribution in [-0.4, -0.2) is 35.8 Å². The van der Waals surface area contributed by atoms with Gasteiger partial charge in [0.2, 0.25) is 0 Å². The second-order valence-corrected chi connectivity index (χ2v) is 5.54. The zero-order valence-electron chi connectivity index (χ0n) is 10.4. The van der Waals surface area contributed by atoms with Crippen molar-refractivity contribution >= 4 is 11.6 Å². The van der Waals surface area contributed by atoms with Gasteiger partial charge in [-0.25, -0.2) is 0 Å². The Kier molecular flexibility index (Phi) is 3.46. The smallest absolute Gasteiger partial charge is 0.127 e. The van der Waals surface area contributed by atoms with Crippen molar-refractivity contribution < 1.29 is 9.84 Å². The molecule has 98 valence electrons. The molecule has 0 radical (unpaired) electrons. The van der Waals surface area contributed by atoms with Crippen LogP contribution in [0.5, 0.6) is 5.75 Å². The van der Waals surface area contributed by atoms with E-state index in [1.165, 1.54) is 5.56 Å². The molecule has 0 saturated carbocycles. The number of hydrogen-bond acceptors (Lipinski definition) is 3. The molecule has 1 aromatic carbocycles. The summed E-state index contributed by atoms with van der Waals surface area (Å²) in [6.45, 7) is 2.87. The van der Waals surface area contributed by atoms with E-state index < -0.39 is 0 Å². The van der Waals surface area contributed by atoms with E-state index in [9.17, 15) is 5.11 Å². The largest absolute Gasteiger partial charge is 0.493 e. The van der Waals surface area contributed by atoms with E-state index in [1.54, 1.807) is 0 Å². The highest BCUT2D eigenvalue weighted by Crippen LogP contribution is 2.34. The first kappa shape index (κ1) is 12.3. The fourth-order valence-corrected chi connectivity index (χ4v) is 3.26. The molecule has 2 aliphatic heterocycles. The van der Waals surface area contributed by atoms with Crippen LogP contribution in [0.4, 0.5) is 0 Å². The predicted molar refractivity (Wildman–Crippen MR) is 71.2 cm³/mol. The standard InChI is InChI=1S/C14H18ClNO2/c15-12-6-10-3-5-18-14(10)11(7-12)8-16-4-1-2-13(16)9-17/h6-7,13,17H,1-5,8-9H2. The highest BCUT2D eigenvalue weighted by molar-refractivity contribution is 6.30. The maximum atomic E-state index is 9.36. The lowest BCUT2D eigenvalue weighted by molar-refractivity contribution is 0.152. The Labute approximate surface area is 112 Å². The van der Waals surface area contributed by atoms with Crippen LogP contribution in [-0.2, 0) is 13.0 Å².